The van der Waals surface area contributed by atoms with Gasteiger partial charge in [0.1, 0.15) is 0 Å². The average Bonchev–Trinajstić information content (AvgIpc) is 3.31. The summed E-state index contributed by atoms with van der Waals surface area (Å²) >= 11 is 0. The van der Waals surface area contributed by atoms with E-state index in [0.29, 0.717) is 0 Å². The maximum atomic E-state index is 13.0. The van der Waals surface area contributed by atoms with Crippen LogP contribution in [0.25, 0.3) is 0 Å². The standard InChI is InChI=1S/C17H19O4P/c1-14-17(21-14)22(18,19-12-15-8-4-2-5-9-15)20-13-16-10-6-3-7-11-16/h2-11,14,17H,12-13H2,1H3. The highest BCUT2D eigenvalue weighted by Crippen LogP contribution is 2.62. The molecule has 0 aliphatic carbocycles. The molecule has 1 heterocycles. The second kappa shape index (κ2) is 6.76. The van der Waals surface area contributed by atoms with Gasteiger partial charge in [-0.2, -0.15) is 0 Å². The van der Waals surface area contributed by atoms with Gasteiger partial charge in [0.2, 0.25) is 0 Å². The predicted octanol–water partition coefficient (Wildman–Crippen LogP) is 4.36. The van der Waals surface area contributed by atoms with E-state index in [-0.39, 0.29) is 19.3 Å². The van der Waals surface area contributed by atoms with Crippen molar-refractivity contribution < 1.29 is 18.3 Å². The lowest BCUT2D eigenvalue weighted by Gasteiger charge is -2.17. The number of ether oxygens (including phenoxy) is 1. The van der Waals surface area contributed by atoms with E-state index < -0.39 is 13.4 Å². The molecule has 1 aliphatic heterocycles. The van der Waals surface area contributed by atoms with Crippen LogP contribution in [0.4, 0.5) is 0 Å². The van der Waals surface area contributed by atoms with Gasteiger partial charge in [0.25, 0.3) is 0 Å². The summed E-state index contributed by atoms with van der Waals surface area (Å²) in [6.07, 6.45) is -0.0858. The third-order valence-corrected chi connectivity index (χ3v) is 5.64. The molecule has 0 bridgehead atoms. The first-order chi connectivity index (χ1) is 10.7. The summed E-state index contributed by atoms with van der Waals surface area (Å²) in [5.41, 5.74) is 1.92. The summed E-state index contributed by atoms with van der Waals surface area (Å²) in [6.45, 7) is 2.37. The summed E-state index contributed by atoms with van der Waals surface area (Å²) in [5.74, 6) is -0.458. The van der Waals surface area contributed by atoms with E-state index in [2.05, 4.69) is 0 Å². The van der Waals surface area contributed by atoms with Crippen LogP contribution in [0.15, 0.2) is 60.7 Å². The number of hydrogen-bond donors (Lipinski definition) is 0. The number of hydrogen-bond acceptors (Lipinski definition) is 4. The molecule has 0 radical (unpaired) electrons. The Morgan fingerprint density at radius 3 is 1.68 bits per heavy atom. The quantitative estimate of drug-likeness (QED) is 0.562. The lowest BCUT2D eigenvalue weighted by Crippen LogP contribution is -2.04. The first kappa shape index (κ1) is 15.4. The largest absolute Gasteiger partial charge is 0.362 e. The molecule has 2 aromatic carbocycles. The van der Waals surface area contributed by atoms with Crippen LogP contribution in [0.5, 0.6) is 0 Å². The average molecular weight is 318 g/mol. The molecule has 3 rings (SSSR count). The molecule has 4 nitrogen and oxygen atoms in total. The first-order valence-electron chi connectivity index (χ1n) is 7.29. The third-order valence-electron chi connectivity index (χ3n) is 3.50. The molecule has 0 N–H and O–H groups in total. The zero-order valence-corrected chi connectivity index (χ0v) is 13.3. The summed E-state index contributed by atoms with van der Waals surface area (Å²) in [7, 11) is -3.29. The highest BCUT2D eigenvalue weighted by molar-refractivity contribution is 7.54. The molecule has 1 aliphatic rings. The van der Waals surface area contributed by atoms with E-state index in [1.54, 1.807) is 0 Å². The van der Waals surface area contributed by atoms with E-state index in [1.165, 1.54) is 0 Å². The zero-order valence-electron chi connectivity index (χ0n) is 12.4. The van der Waals surface area contributed by atoms with Crippen LogP contribution in [0.3, 0.4) is 0 Å². The molecular weight excluding hydrogens is 299 g/mol. The van der Waals surface area contributed by atoms with Gasteiger partial charge < -0.3 is 13.8 Å². The van der Waals surface area contributed by atoms with Gasteiger partial charge in [-0.3, -0.25) is 4.57 Å². The molecule has 2 aromatic rings. The summed E-state index contributed by atoms with van der Waals surface area (Å²) in [6, 6.07) is 19.3. The monoisotopic (exact) mass is 318 g/mol. The smallest absolute Gasteiger partial charge is 0.356 e. The Labute approximate surface area is 130 Å². The third kappa shape index (κ3) is 3.84. The second-order valence-electron chi connectivity index (χ2n) is 5.29. The Kier molecular flexibility index (Phi) is 4.74. The number of rotatable bonds is 7. The first-order valence-corrected chi connectivity index (χ1v) is 8.91. The normalized spacial score (nSPS) is 20.8. The number of epoxide rings is 1. The van der Waals surface area contributed by atoms with Gasteiger partial charge in [-0.15, -0.1) is 0 Å². The van der Waals surface area contributed by atoms with Gasteiger partial charge in [-0.1, -0.05) is 60.7 Å². The fourth-order valence-electron chi connectivity index (χ4n) is 2.17. The van der Waals surface area contributed by atoms with Gasteiger partial charge in [0, 0.05) is 0 Å². The summed E-state index contributed by atoms with van der Waals surface area (Å²) < 4.78 is 29.6. The van der Waals surface area contributed by atoms with Crippen molar-refractivity contribution in [2.24, 2.45) is 0 Å². The van der Waals surface area contributed by atoms with Gasteiger partial charge in [-0.25, -0.2) is 0 Å². The Morgan fingerprint density at radius 2 is 1.32 bits per heavy atom. The molecule has 0 amide bonds. The van der Waals surface area contributed by atoms with E-state index in [0.717, 1.165) is 11.1 Å². The van der Waals surface area contributed by atoms with E-state index in [4.69, 9.17) is 13.8 Å². The SMILES string of the molecule is CC1OC1P(=O)(OCc1ccccc1)OCc1ccccc1. The molecule has 1 fully saturated rings. The van der Waals surface area contributed by atoms with Crippen LogP contribution >= 0.6 is 7.60 Å². The minimum absolute atomic E-state index is 0.0858. The highest BCUT2D eigenvalue weighted by atomic mass is 31.2. The molecule has 0 saturated carbocycles. The maximum Gasteiger partial charge on any atom is 0.362 e. The summed E-state index contributed by atoms with van der Waals surface area (Å²) in [5, 5.41) is 0. The van der Waals surface area contributed by atoms with Crippen molar-refractivity contribution in [2.45, 2.75) is 32.1 Å². The Morgan fingerprint density at radius 1 is 0.909 bits per heavy atom. The van der Waals surface area contributed by atoms with Crippen LogP contribution < -0.4 is 0 Å². The van der Waals surface area contributed by atoms with E-state index in [1.807, 2.05) is 67.6 Å². The minimum Gasteiger partial charge on any atom is -0.356 e. The lowest BCUT2D eigenvalue weighted by atomic mass is 10.2. The van der Waals surface area contributed by atoms with E-state index >= 15 is 0 Å². The van der Waals surface area contributed by atoms with Crippen LogP contribution in [-0.2, 0) is 31.6 Å². The fourth-order valence-corrected chi connectivity index (χ4v) is 4.05. The molecule has 0 spiro atoms. The lowest BCUT2D eigenvalue weighted by molar-refractivity contribution is 0.181. The van der Waals surface area contributed by atoms with Crippen molar-refractivity contribution in [3.8, 4) is 0 Å². The minimum atomic E-state index is -3.29. The Bertz CT molecular complexity index is 597. The highest BCUT2D eigenvalue weighted by Gasteiger charge is 2.52. The van der Waals surface area contributed by atoms with Crippen LogP contribution in [-0.4, -0.2) is 11.9 Å². The Balaban J connectivity index is 1.64. The van der Waals surface area contributed by atoms with E-state index in [9.17, 15) is 4.57 Å². The Hall–Kier alpha value is -1.45. The predicted molar refractivity (Wildman–Crippen MR) is 84.4 cm³/mol. The molecule has 0 aromatic heterocycles. The topological polar surface area (TPSA) is 48.1 Å². The van der Waals surface area contributed by atoms with Crippen molar-refractivity contribution in [2.75, 3.05) is 0 Å². The zero-order chi connectivity index (χ0) is 15.4. The number of benzene rings is 2. The molecule has 1 saturated heterocycles. The fraction of sp³-hybridized carbons (Fsp3) is 0.294. The van der Waals surface area contributed by atoms with Crippen molar-refractivity contribution in [3.63, 3.8) is 0 Å². The molecule has 116 valence electrons. The second-order valence-corrected chi connectivity index (χ2v) is 7.39. The van der Waals surface area contributed by atoms with Gasteiger partial charge in [-0.05, 0) is 18.1 Å². The van der Waals surface area contributed by atoms with Crippen molar-refractivity contribution >= 4 is 7.60 Å². The van der Waals surface area contributed by atoms with Crippen LogP contribution in [0.1, 0.15) is 18.1 Å². The van der Waals surface area contributed by atoms with Gasteiger partial charge in [0.15, 0.2) is 5.85 Å². The maximum absolute atomic E-state index is 13.0. The molecule has 2 unspecified atom stereocenters. The van der Waals surface area contributed by atoms with Crippen molar-refractivity contribution in [1.82, 2.24) is 0 Å². The van der Waals surface area contributed by atoms with Crippen LogP contribution in [0.2, 0.25) is 0 Å². The van der Waals surface area contributed by atoms with Crippen molar-refractivity contribution in [1.29, 1.82) is 0 Å². The van der Waals surface area contributed by atoms with Crippen LogP contribution in [0, 0.1) is 0 Å². The molecule has 5 heteroatoms. The van der Waals surface area contributed by atoms with Gasteiger partial charge >= 0.3 is 7.60 Å². The van der Waals surface area contributed by atoms with Gasteiger partial charge in [0.05, 0.1) is 19.3 Å². The summed E-state index contributed by atoms with van der Waals surface area (Å²) in [4.78, 5) is 0. The van der Waals surface area contributed by atoms with Crippen molar-refractivity contribution in [3.05, 3.63) is 71.8 Å². The molecule has 22 heavy (non-hydrogen) atoms. The molecule has 2 atom stereocenters. The molecular formula is C17H19O4P.